The van der Waals surface area contributed by atoms with Crippen molar-refractivity contribution in [2.45, 2.75) is 26.9 Å². The Labute approximate surface area is 169 Å². The maximum Gasteiger partial charge on any atom is 0.342 e. The molecule has 1 N–H and O–H groups in total. The second-order valence-electron chi connectivity index (χ2n) is 6.54. The van der Waals surface area contributed by atoms with Gasteiger partial charge in [0.25, 0.3) is 0 Å². The smallest absolute Gasteiger partial charge is 0.342 e. The monoisotopic (exact) mass is 439 g/mol. The number of benzene rings is 1. The first kappa shape index (κ1) is 18.4. The number of nitrogens with zero attached hydrogens (tertiary/aromatic N) is 4. The van der Waals surface area contributed by atoms with E-state index in [9.17, 15) is 4.79 Å². The number of aromatic amines is 1. The number of fused-ring (bicyclic) bond motifs is 1. The standard InChI is InChI=1S/C20H18BrN5O2/c1-11-6-4-5-7-17(11)26-12(2)15(10-23-26)20(27)28-13(3)18-24-16-8-14(21)9-22-19(16)25-18/h4-10,13H,1-3H3,(H,22,24,25)/t13-/m1/s1. The summed E-state index contributed by atoms with van der Waals surface area (Å²) in [5.41, 5.74) is 4.50. The molecule has 0 spiro atoms. The molecule has 1 atom stereocenters. The summed E-state index contributed by atoms with van der Waals surface area (Å²) in [5.74, 6) is 0.0947. The van der Waals surface area contributed by atoms with E-state index in [1.807, 2.05) is 44.2 Å². The number of carbonyl (C=O) groups excluding carboxylic acids is 1. The fourth-order valence-corrected chi connectivity index (χ4v) is 3.35. The molecule has 0 bridgehead atoms. The van der Waals surface area contributed by atoms with Crippen LogP contribution in [0, 0.1) is 13.8 Å². The van der Waals surface area contributed by atoms with Gasteiger partial charge in [0.15, 0.2) is 11.8 Å². The van der Waals surface area contributed by atoms with Crippen molar-refractivity contribution in [3.05, 3.63) is 69.8 Å². The van der Waals surface area contributed by atoms with Crippen LogP contribution in [0.3, 0.4) is 0 Å². The Hall–Kier alpha value is -3.00. The van der Waals surface area contributed by atoms with Crippen LogP contribution in [0.5, 0.6) is 0 Å². The van der Waals surface area contributed by atoms with Crippen LogP contribution < -0.4 is 0 Å². The second kappa shape index (κ2) is 7.20. The number of hydrogen-bond acceptors (Lipinski definition) is 5. The molecule has 0 saturated carbocycles. The molecule has 0 saturated heterocycles. The Morgan fingerprint density at radius 3 is 2.82 bits per heavy atom. The van der Waals surface area contributed by atoms with Crippen molar-refractivity contribution in [2.24, 2.45) is 0 Å². The van der Waals surface area contributed by atoms with Crippen LogP contribution in [0.25, 0.3) is 16.9 Å². The number of esters is 1. The number of pyridine rings is 1. The van der Waals surface area contributed by atoms with E-state index in [4.69, 9.17) is 4.74 Å². The zero-order valence-corrected chi connectivity index (χ0v) is 17.2. The van der Waals surface area contributed by atoms with E-state index in [0.29, 0.717) is 17.0 Å². The average Bonchev–Trinajstić information content (AvgIpc) is 3.25. The lowest BCUT2D eigenvalue weighted by molar-refractivity contribution is 0.0321. The van der Waals surface area contributed by atoms with Gasteiger partial charge in [-0.05, 0) is 54.4 Å². The van der Waals surface area contributed by atoms with Crippen molar-refractivity contribution < 1.29 is 9.53 Å². The molecule has 0 aliphatic heterocycles. The Morgan fingerprint density at radius 2 is 2.04 bits per heavy atom. The number of carbonyl (C=O) groups is 1. The maximum atomic E-state index is 12.7. The number of aromatic nitrogens is 5. The fourth-order valence-electron chi connectivity index (χ4n) is 3.02. The summed E-state index contributed by atoms with van der Waals surface area (Å²) >= 11 is 3.38. The molecule has 0 aliphatic rings. The molecule has 0 radical (unpaired) electrons. The van der Waals surface area contributed by atoms with Crippen LogP contribution in [-0.2, 0) is 4.74 Å². The van der Waals surface area contributed by atoms with Crippen molar-refractivity contribution in [1.82, 2.24) is 24.7 Å². The lowest BCUT2D eigenvalue weighted by Crippen LogP contribution is -2.11. The quantitative estimate of drug-likeness (QED) is 0.475. The van der Waals surface area contributed by atoms with Crippen molar-refractivity contribution in [3.63, 3.8) is 0 Å². The van der Waals surface area contributed by atoms with Gasteiger partial charge in [0.1, 0.15) is 11.4 Å². The third-order valence-corrected chi connectivity index (χ3v) is 5.00. The fraction of sp³-hybridized carbons (Fsp3) is 0.200. The number of hydrogen-bond donors (Lipinski definition) is 1. The molecule has 4 aromatic rings. The van der Waals surface area contributed by atoms with Crippen molar-refractivity contribution in [1.29, 1.82) is 0 Å². The Kier molecular flexibility index (Phi) is 4.72. The van der Waals surface area contributed by atoms with Crippen LogP contribution >= 0.6 is 15.9 Å². The molecular formula is C20H18BrN5O2. The van der Waals surface area contributed by atoms with Gasteiger partial charge in [-0.15, -0.1) is 0 Å². The number of nitrogens with one attached hydrogen (secondary N) is 1. The molecule has 142 valence electrons. The summed E-state index contributed by atoms with van der Waals surface area (Å²) in [5, 5.41) is 4.37. The van der Waals surface area contributed by atoms with E-state index in [0.717, 1.165) is 26.9 Å². The zero-order valence-electron chi connectivity index (χ0n) is 15.6. The molecule has 7 nitrogen and oxygen atoms in total. The van der Waals surface area contributed by atoms with Crippen LogP contribution in [0.2, 0.25) is 0 Å². The molecule has 0 amide bonds. The number of rotatable bonds is 4. The highest BCUT2D eigenvalue weighted by molar-refractivity contribution is 9.10. The highest BCUT2D eigenvalue weighted by Crippen LogP contribution is 2.23. The summed E-state index contributed by atoms with van der Waals surface area (Å²) in [4.78, 5) is 24.5. The highest BCUT2D eigenvalue weighted by atomic mass is 79.9. The molecular weight excluding hydrogens is 422 g/mol. The van der Waals surface area contributed by atoms with E-state index >= 15 is 0 Å². The van der Waals surface area contributed by atoms with Gasteiger partial charge in [0, 0.05) is 10.7 Å². The number of para-hydroxylation sites is 1. The minimum atomic E-state index is -0.554. The summed E-state index contributed by atoms with van der Waals surface area (Å²) in [6.45, 7) is 5.62. The van der Waals surface area contributed by atoms with Crippen molar-refractivity contribution >= 4 is 33.1 Å². The first-order valence-electron chi connectivity index (χ1n) is 8.77. The van der Waals surface area contributed by atoms with E-state index in [2.05, 4.69) is 36.0 Å². The first-order valence-corrected chi connectivity index (χ1v) is 9.56. The molecule has 4 rings (SSSR count). The summed E-state index contributed by atoms with van der Waals surface area (Å²) < 4.78 is 8.21. The number of H-pyrrole nitrogens is 1. The molecule has 0 aliphatic carbocycles. The third-order valence-electron chi connectivity index (χ3n) is 4.56. The predicted octanol–water partition coefficient (Wildman–Crippen LogP) is 4.44. The van der Waals surface area contributed by atoms with Gasteiger partial charge >= 0.3 is 5.97 Å². The summed E-state index contributed by atoms with van der Waals surface area (Å²) in [7, 11) is 0. The third kappa shape index (κ3) is 3.31. The molecule has 28 heavy (non-hydrogen) atoms. The predicted molar refractivity (Wildman–Crippen MR) is 108 cm³/mol. The Bertz CT molecular complexity index is 1180. The Balaban J connectivity index is 1.57. The van der Waals surface area contributed by atoms with E-state index in [-0.39, 0.29) is 0 Å². The first-order chi connectivity index (χ1) is 13.4. The zero-order chi connectivity index (χ0) is 19.8. The van der Waals surface area contributed by atoms with Crippen LogP contribution in [0.1, 0.15) is 40.5 Å². The number of aryl methyl sites for hydroxylation is 1. The summed E-state index contributed by atoms with van der Waals surface area (Å²) in [6, 6.07) is 9.76. The normalized spacial score (nSPS) is 12.3. The molecule has 0 fully saturated rings. The van der Waals surface area contributed by atoms with Gasteiger partial charge in [-0.2, -0.15) is 5.10 Å². The lowest BCUT2D eigenvalue weighted by atomic mass is 10.2. The number of imidazole rings is 1. The highest BCUT2D eigenvalue weighted by Gasteiger charge is 2.22. The largest absolute Gasteiger partial charge is 0.451 e. The molecule has 8 heteroatoms. The van der Waals surface area contributed by atoms with Crippen LogP contribution in [-0.4, -0.2) is 30.7 Å². The molecule has 3 heterocycles. The van der Waals surface area contributed by atoms with Gasteiger partial charge in [-0.3, -0.25) is 0 Å². The van der Waals surface area contributed by atoms with Crippen molar-refractivity contribution in [3.8, 4) is 5.69 Å². The van der Waals surface area contributed by atoms with Crippen LogP contribution in [0.4, 0.5) is 0 Å². The topological polar surface area (TPSA) is 85.7 Å². The van der Waals surface area contributed by atoms with E-state index in [1.165, 1.54) is 6.20 Å². The lowest BCUT2D eigenvalue weighted by Gasteiger charge is -2.11. The molecule has 3 aromatic heterocycles. The van der Waals surface area contributed by atoms with E-state index in [1.54, 1.807) is 17.8 Å². The maximum absolute atomic E-state index is 12.7. The van der Waals surface area contributed by atoms with Crippen LogP contribution in [0.15, 0.2) is 47.2 Å². The minimum Gasteiger partial charge on any atom is -0.451 e. The van der Waals surface area contributed by atoms with Gasteiger partial charge in [0.2, 0.25) is 0 Å². The van der Waals surface area contributed by atoms with Gasteiger partial charge in [0.05, 0.1) is 23.1 Å². The average molecular weight is 440 g/mol. The minimum absolute atomic E-state index is 0.423. The Morgan fingerprint density at radius 1 is 1.25 bits per heavy atom. The number of halogens is 1. The molecule has 1 aromatic carbocycles. The second-order valence-corrected chi connectivity index (χ2v) is 7.45. The molecule has 0 unspecified atom stereocenters. The van der Waals surface area contributed by atoms with Crippen molar-refractivity contribution in [2.75, 3.05) is 0 Å². The van der Waals surface area contributed by atoms with Gasteiger partial charge < -0.3 is 9.72 Å². The summed E-state index contributed by atoms with van der Waals surface area (Å²) in [6.07, 6.45) is 2.66. The van der Waals surface area contributed by atoms with Gasteiger partial charge in [-0.1, -0.05) is 18.2 Å². The van der Waals surface area contributed by atoms with Gasteiger partial charge in [-0.25, -0.2) is 19.4 Å². The number of ether oxygens (including phenoxy) is 1. The SMILES string of the molecule is Cc1ccccc1-n1ncc(C(=O)O[C@H](C)c2nc3ncc(Br)cc3[nH]2)c1C. The van der Waals surface area contributed by atoms with E-state index < -0.39 is 12.1 Å².